The molecule has 1 atom stereocenters. The number of halogens is 2. The first-order chi connectivity index (χ1) is 9.20. The first-order valence-electron chi connectivity index (χ1n) is 6.37. The van der Waals surface area contributed by atoms with Crippen molar-refractivity contribution in [3.8, 4) is 0 Å². The summed E-state index contributed by atoms with van der Waals surface area (Å²) in [5.41, 5.74) is 1.99. The summed E-state index contributed by atoms with van der Waals surface area (Å²) in [6.07, 6.45) is 1.80. The third-order valence-electron chi connectivity index (χ3n) is 3.25. The molecule has 0 aromatic heterocycles. The summed E-state index contributed by atoms with van der Waals surface area (Å²) in [7, 11) is 1.87. The quantitative estimate of drug-likeness (QED) is 0.856. The van der Waals surface area contributed by atoms with Crippen LogP contribution >= 0.6 is 15.9 Å². The topological polar surface area (TPSA) is 12.0 Å². The molecule has 0 aliphatic heterocycles. The Morgan fingerprint density at radius 3 is 2.58 bits per heavy atom. The Bertz CT molecular complexity index is 528. The van der Waals surface area contributed by atoms with Crippen LogP contribution in [0, 0.1) is 5.82 Å². The normalized spacial score (nSPS) is 12.4. The SMILES string of the molecule is CNC(CCc1ccccc1)c1cc(Br)ccc1F. The number of benzene rings is 2. The zero-order valence-corrected chi connectivity index (χ0v) is 12.5. The second-order valence-electron chi connectivity index (χ2n) is 4.53. The van der Waals surface area contributed by atoms with Crippen molar-refractivity contribution in [1.29, 1.82) is 0 Å². The number of nitrogens with one attached hydrogen (secondary N) is 1. The molecule has 100 valence electrons. The molecule has 3 heteroatoms. The molecule has 0 saturated heterocycles. The molecular formula is C16H17BrFN. The maximum Gasteiger partial charge on any atom is 0.128 e. The molecule has 1 N–H and O–H groups in total. The highest BCUT2D eigenvalue weighted by molar-refractivity contribution is 9.10. The van der Waals surface area contributed by atoms with Gasteiger partial charge < -0.3 is 5.32 Å². The molecule has 0 fully saturated rings. The first-order valence-corrected chi connectivity index (χ1v) is 7.16. The average Bonchev–Trinajstić information content (AvgIpc) is 2.44. The molecule has 1 nitrogen and oxygen atoms in total. The van der Waals surface area contributed by atoms with Gasteiger partial charge in [-0.2, -0.15) is 0 Å². The van der Waals surface area contributed by atoms with Gasteiger partial charge in [0.2, 0.25) is 0 Å². The highest BCUT2D eigenvalue weighted by Gasteiger charge is 2.14. The Morgan fingerprint density at radius 1 is 1.16 bits per heavy atom. The minimum atomic E-state index is -0.157. The van der Waals surface area contributed by atoms with Crippen LogP contribution in [0.3, 0.4) is 0 Å². The number of hydrogen-bond acceptors (Lipinski definition) is 1. The second-order valence-corrected chi connectivity index (χ2v) is 5.45. The van der Waals surface area contributed by atoms with Crippen molar-refractivity contribution in [3.05, 3.63) is 69.9 Å². The highest BCUT2D eigenvalue weighted by Crippen LogP contribution is 2.25. The van der Waals surface area contributed by atoms with E-state index in [-0.39, 0.29) is 11.9 Å². The van der Waals surface area contributed by atoms with Crippen molar-refractivity contribution in [2.75, 3.05) is 7.05 Å². The minimum Gasteiger partial charge on any atom is -0.313 e. The fraction of sp³-hybridized carbons (Fsp3) is 0.250. The number of aryl methyl sites for hydroxylation is 1. The summed E-state index contributed by atoms with van der Waals surface area (Å²) in [5.74, 6) is -0.157. The van der Waals surface area contributed by atoms with E-state index in [1.54, 1.807) is 6.07 Å². The maximum atomic E-state index is 13.9. The Balaban J connectivity index is 2.10. The molecule has 0 radical (unpaired) electrons. The van der Waals surface area contributed by atoms with Gasteiger partial charge in [0.1, 0.15) is 5.82 Å². The lowest BCUT2D eigenvalue weighted by Crippen LogP contribution is -2.18. The van der Waals surface area contributed by atoms with Crippen molar-refractivity contribution in [1.82, 2.24) is 5.32 Å². The van der Waals surface area contributed by atoms with Gasteiger partial charge in [0.15, 0.2) is 0 Å². The van der Waals surface area contributed by atoms with E-state index in [2.05, 4.69) is 33.4 Å². The summed E-state index contributed by atoms with van der Waals surface area (Å²) < 4.78 is 14.8. The molecular weight excluding hydrogens is 305 g/mol. The first kappa shape index (κ1) is 14.2. The van der Waals surface area contributed by atoms with Gasteiger partial charge >= 0.3 is 0 Å². The van der Waals surface area contributed by atoms with E-state index in [1.807, 2.05) is 31.3 Å². The Labute approximate surface area is 122 Å². The maximum absolute atomic E-state index is 13.9. The van der Waals surface area contributed by atoms with E-state index in [0.29, 0.717) is 5.56 Å². The van der Waals surface area contributed by atoms with Crippen LogP contribution in [0.25, 0.3) is 0 Å². The lowest BCUT2D eigenvalue weighted by molar-refractivity contribution is 0.508. The second kappa shape index (κ2) is 6.83. The third kappa shape index (κ3) is 3.88. The van der Waals surface area contributed by atoms with E-state index in [9.17, 15) is 4.39 Å². The average molecular weight is 322 g/mol. The molecule has 2 aromatic carbocycles. The molecule has 1 unspecified atom stereocenters. The summed E-state index contributed by atoms with van der Waals surface area (Å²) in [4.78, 5) is 0. The molecule has 0 saturated carbocycles. The smallest absolute Gasteiger partial charge is 0.128 e. The molecule has 19 heavy (non-hydrogen) atoms. The molecule has 0 aliphatic carbocycles. The fourth-order valence-electron chi connectivity index (χ4n) is 2.19. The predicted octanol–water partition coefficient (Wildman–Crippen LogP) is 4.48. The van der Waals surface area contributed by atoms with Gasteiger partial charge in [0, 0.05) is 16.1 Å². The predicted molar refractivity (Wildman–Crippen MR) is 80.7 cm³/mol. The van der Waals surface area contributed by atoms with E-state index >= 15 is 0 Å². The van der Waals surface area contributed by atoms with Gasteiger partial charge in [0.25, 0.3) is 0 Å². The monoisotopic (exact) mass is 321 g/mol. The number of hydrogen-bond donors (Lipinski definition) is 1. The van der Waals surface area contributed by atoms with Gasteiger partial charge in [-0.15, -0.1) is 0 Å². The van der Waals surface area contributed by atoms with Crippen molar-refractivity contribution < 1.29 is 4.39 Å². The van der Waals surface area contributed by atoms with Crippen LogP contribution in [-0.2, 0) is 6.42 Å². The van der Waals surface area contributed by atoms with Crippen LogP contribution < -0.4 is 5.32 Å². The van der Waals surface area contributed by atoms with Crippen LogP contribution in [0.2, 0.25) is 0 Å². The van der Waals surface area contributed by atoms with Gasteiger partial charge in [-0.05, 0) is 43.7 Å². The Hall–Kier alpha value is -1.19. The Kier molecular flexibility index (Phi) is 5.11. The zero-order chi connectivity index (χ0) is 13.7. The molecule has 0 spiro atoms. The van der Waals surface area contributed by atoms with Gasteiger partial charge in [-0.3, -0.25) is 0 Å². The van der Waals surface area contributed by atoms with Gasteiger partial charge in [-0.25, -0.2) is 4.39 Å². The van der Waals surface area contributed by atoms with Crippen LogP contribution in [0.5, 0.6) is 0 Å². The van der Waals surface area contributed by atoms with E-state index in [4.69, 9.17) is 0 Å². The minimum absolute atomic E-state index is 0.0257. The molecule has 0 aliphatic rings. The molecule has 0 amide bonds. The lowest BCUT2D eigenvalue weighted by atomic mass is 9.99. The van der Waals surface area contributed by atoms with E-state index in [0.717, 1.165) is 17.3 Å². The van der Waals surface area contributed by atoms with E-state index in [1.165, 1.54) is 11.6 Å². The lowest BCUT2D eigenvalue weighted by Gasteiger charge is -2.17. The van der Waals surface area contributed by atoms with Crippen molar-refractivity contribution in [3.63, 3.8) is 0 Å². The zero-order valence-electron chi connectivity index (χ0n) is 10.9. The molecule has 2 aromatic rings. The largest absolute Gasteiger partial charge is 0.313 e. The summed E-state index contributed by atoms with van der Waals surface area (Å²) >= 11 is 3.40. The molecule has 0 bridgehead atoms. The summed E-state index contributed by atoms with van der Waals surface area (Å²) in [6, 6.07) is 15.4. The highest BCUT2D eigenvalue weighted by atomic mass is 79.9. The standard InChI is InChI=1S/C16H17BrFN/c1-19-16(10-7-12-5-3-2-4-6-12)14-11-13(17)8-9-15(14)18/h2-6,8-9,11,16,19H,7,10H2,1H3. The van der Waals surface area contributed by atoms with Crippen LogP contribution in [0.15, 0.2) is 53.0 Å². The van der Waals surface area contributed by atoms with Gasteiger partial charge in [-0.1, -0.05) is 46.3 Å². The molecule has 2 rings (SSSR count). The summed E-state index contributed by atoms with van der Waals surface area (Å²) in [6.45, 7) is 0. The van der Waals surface area contributed by atoms with E-state index < -0.39 is 0 Å². The summed E-state index contributed by atoms with van der Waals surface area (Å²) in [5, 5.41) is 3.20. The van der Waals surface area contributed by atoms with Crippen LogP contribution in [-0.4, -0.2) is 7.05 Å². The van der Waals surface area contributed by atoms with Gasteiger partial charge in [0.05, 0.1) is 0 Å². The third-order valence-corrected chi connectivity index (χ3v) is 3.74. The Morgan fingerprint density at radius 2 is 1.89 bits per heavy atom. The van der Waals surface area contributed by atoms with Crippen molar-refractivity contribution in [2.45, 2.75) is 18.9 Å². The van der Waals surface area contributed by atoms with Crippen LogP contribution in [0.1, 0.15) is 23.6 Å². The molecule has 0 heterocycles. The van der Waals surface area contributed by atoms with Crippen molar-refractivity contribution in [2.24, 2.45) is 0 Å². The van der Waals surface area contributed by atoms with Crippen molar-refractivity contribution >= 4 is 15.9 Å². The fourth-order valence-corrected chi connectivity index (χ4v) is 2.57. The number of rotatable bonds is 5. The van der Waals surface area contributed by atoms with Crippen LogP contribution in [0.4, 0.5) is 4.39 Å².